The number of hydrogen-bond donors (Lipinski definition) is 1. The second-order valence-corrected chi connectivity index (χ2v) is 9.78. The molecule has 0 radical (unpaired) electrons. The van der Waals surface area contributed by atoms with Gasteiger partial charge in [-0.3, -0.25) is 4.98 Å². The van der Waals surface area contributed by atoms with E-state index >= 15 is 0 Å². The van der Waals surface area contributed by atoms with E-state index in [1.807, 2.05) is 68.4 Å². The number of carbonyl (C=O) groups is 1. The molecule has 3 heterocycles. The maximum absolute atomic E-state index is 12.6. The predicted molar refractivity (Wildman–Crippen MR) is 153 cm³/mol. The molecule has 5 rings (SSSR count). The minimum Gasteiger partial charge on any atom is -0.495 e. The van der Waals surface area contributed by atoms with Crippen molar-refractivity contribution in [3.05, 3.63) is 106 Å². The van der Waals surface area contributed by atoms with Crippen molar-refractivity contribution in [3.8, 4) is 11.4 Å². The van der Waals surface area contributed by atoms with E-state index in [0.29, 0.717) is 21.4 Å². The Morgan fingerprint density at radius 2 is 1.82 bits per heavy atom. The first-order chi connectivity index (χ1) is 18.3. The number of aryl methyl sites for hydroxylation is 1. The molecular formula is C29H27ClN4O3S. The van der Waals surface area contributed by atoms with Gasteiger partial charge in [-0.2, -0.15) is 0 Å². The SMILES string of the molecule is COC(=O)c1ccccc1-n1c(C)cc(C2C(c3ccccn3)NC(=S)N2c2ccc(OC)c(Cl)c2)c1C. The van der Waals surface area contributed by atoms with Gasteiger partial charge in [0.2, 0.25) is 0 Å². The van der Waals surface area contributed by atoms with Gasteiger partial charge in [-0.1, -0.05) is 29.8 Å². The second kappa shape index (κ2) is 10.5. The van der Waals surface area contributed by atoms with E-state index in [2.05, 4.69) is 25.8 Å². The lowest BCUT2D eigenvalue weighted by molar-refractivity contribution is 0.0600. The van der Waals surface area contributed by atoms with Gasteiger partial charge in [-0.25, -0.2) is 4.79 Å². The number of rotatable bonds is 6. The van der Waals surface area contributed by atoms with E-state index in [-0.39, 0.29) is 18.1 Å². The number of carbonyl (C=O) groups excluding carboxylic acids is 1. The van der Waals surface area contributed by atoms with Crippen LogP contribution in [-0.2, 0) is 4.74 Å². The fourth-order valence-corrected chi connectivity index (χ4v) is 5.76. The maximum Gasteiger partial charge on any atom is 0.339 e. The minimum atomic E-state index is -0.390. The number of nitrogens with one attached hydrogen (secondary N) is 1. The smallest absolute Gasteiger partial charge is 0.339 e. The molecule has 7 nitrogen and oxygen atoms in total. The Balaban J connectivity index is 1.70. The third kappa shape index (κ3) is 4.40. The van der Waals surface area contributed by atoms with Crippen molar-refractivity contribution < 1.29 is 14.3 Å². The number of methoxy groups -OCH3 is 2. The van der Waals surface area contributed by atoms with E-state index in [1.54, 1.807) is 19.4 Å². The Morgan fingerprint density at radius 3 is 2.50 bits per heavy atom. The average molecular weight is 547 g/mol. The van der Waals surface area contributed by atoms with Gasteiger partial charge in [0, 0.05) is 23.3 Å². The van der Waals surface area contributed by atoms with Crippen molar-refractivity contribution in [3.63, 3.8) is 0 Å². The molecule has 2 aromatic heterocycles. The first-order valence-corrected chi connectivity index (χ1v) is 12.8. The van der Waals surface area contributed by atoms with Crippen molar-refractivity contribution >= 4 is 40.6 Å². The van der Waals surface area contributed by atoms with Crippen LogP contribution in [0.1, 0.15) is 45.1 Å². The van der Waals surface area contributed by atoms with Crippen LogP contribution in [0.2, 0.25) is 5.02 Å². The highest BCUT2D eigenvalue weighted by Crippen LogP contribution is 2.45. The fraction of sp³-hybridized carbons (Fsp3) is 0.207. The lowest BCUT2D eigenvalue weighted by Crippen LogP contribution is -2.29. The highest BCUT2D eigenvalue weighted by atomic mass is 35.5. The molecule has 0 spiro atoms. The van der Waals surface area contributed by atoms with Crippen LogP contribution in [0.4, 0.5) is 5.69 Å². The first kappa shape index (κ1) is 25.8. The quantitative estimate of drug-likeness (QED) is 0.231. The molecule has 1 fully saturated rings. The number of pyridine rings is 1. The first-order valence-electron chi connectivity index (χ1n) is 12.1. The van der Waals surface area contributed by atoms with Crippen LogP contribution >= 0.6 is 23.8 Å². The fourth-order valence-electron chi connectivity index (χ4n) is 5.16. The van der Waals surface area contributed by atoms with E-state index in [0.717, 1.165) is 34.0 Å². The third-order valence-electron chi connectivity index (χ3n) is 6.85. The van der Waals surface area contributed by atoms with Gasteiger partial charge in [0.15, 0.2) is 5.11 Å². The van der Waals surface area contributed by atoms with E-state index in [1.165, 1.54) is 7.11 Å². The van der Waals surface area contributed by atoms with Crippen LogP contribution in [0.5, 0.6) is 5.75 Å². The second-order valence-electron chi connectivity index (χ2n) is 8.99. The number of benzene rings is 2. The molecule has 0 saturated carbocycles. The molecule has 1 saturated heterocycles. The zero-order valence-electron chi connectivity index (χ0n) is 21.4. The Morgan fingerprint density at radius 1 is 1.05 bits per heavy atom. The van der Waals surface area contributed by atoms with E-state index < -0.39 is 0 Å². The van der Waals surface area contributed by atoms with E-state index in [4.69, 9.17) is 33.3 Å². The molecule has 1 aliphatic heterocycles. The van der Waals surface area contributed by atoms with Crippen LogP contribution in [0.25, 0.3) is 5.69 Å². The molecule has 4 aromatic rings. The summed E-state index contributed by atoms with van der Waals surface area (Å²) in [6.45, 7) is 4.07. The molecule has 1 N–H and O–H groups in total. The van der Waals surface area contributed by atoms with Gasteiger partial charge in [0.1, 0.15) is 5.75 Å². The molecule has 9 heteroatoms. The van der Waals surface area contributed by atoms with Crippen molar-refractivity contribution in [2.45, 2.75) is 25.9 Å². The van der Waals surface area contributed by atoms with Gasteiger partial charge >= 0.3 is 5.97 Å². The summed E-state index contributed by atoms with van der Waals surface area (Å²) in [6, 6.07) is 20.6. The third-order valence-corrected chi connectivity index (χ3v) is 7.46. The number of esters is 1. The maximum atomic E-state index is 12.6. The number of nitrogens with zero attached hydrogens (tertiary/aromatic N) is 3. The molecule has 0 amide bonds. The number of halogens is 1. The van der Waals surface area contributed by atoms with Crippen LogP contribution in [0.15, 0.2) is 72.9 Å². The van der Waals surface area contributed by atoms with Gasteiger partial charge < -0.3 is 24.3 Å². The Labute approximate surface area is 232 Å². The number of hydrogen-bond acceptors (Lipinski definition) is 5. The highest BCUT2D eigenvalue weighted by molar-refractivity contribution is 7.80. The normalized spacial score (nSPS) is 16.9. The van der Waals surface area contributed by atoms with Crippen LogP contribution in [-0.4, -0.2) is 34.9 Å². The summed E-state index contributed by atoms with van der Waals surface area (Å²) in [7, 11) is 2.98. The molecule has 38 heavy (non-hydrogen) atoms. The average Bonchev–Trinajstić information content (AvgIpc) is 3.43. The summed E-state index contributed by atoms with van der Waals surface area (Å²) in [5.74, 6) is 0.197. The summed E-state index contributed by atoms with van der Waals surface area (Å²) < 4.78 is 12.5. The summed E-state index contributed by atoms with van der Waals surface area (Å²) in [4.78, 5) is 19.3. The molecule has 2 aromatic carbocycles. The number of thiocarbonyl (C=S) groups is 1. The van der Waals surface area contributed by atoms with Crippen molar-refractivity contribution in [2.75, 3.05) is 19.1 Å². The molecule has 1 aliphatic rings. The zero-order chi connectivity index (χ0) is 27.0. The Hall–Kier alpha value is -3.88. The van der Waals surface area contributed by atoms with Gasteiger partial charge in [-0.05, 0) is 80.2 Å². The molecular weight excluding hydrogens is 520 g/mol. The van der Waals surface area contributed by atoms with Crippen molar-refractivity contribution in [1.29, 1.82) is 0 Å². The minimum absolute atomic E-state index is 0.227. The number of para-hydroxylation sites is 1. The number of aromatic nitrogens is 2. The number of anilines is 1. The largest absolute Gasteiger partial charge is 0.495 e. The van der Waals surface area contributed by atoms with Crippen LogP contribution in [0.3, 0.4) is 0 Å². The van der Waals surface area contributed by atoms with Gasteiger partial charge in [0.25, 0.3) is 0 Å². The highest BCUT2D eigenvalue weighted by Gasteiger charge is 2.42. The van der Waals surface area contributed by atoms with E-state index in [9.17, 15) is 4.79 Å². The molecule has 194 valence electrons. The standard InChI is InChI=1S/C29H27ClN4O3S/c1-17-15-21(18(2)33(17)24-11-6-5-9-20(24)28(35)37-4)27-26(23-10-7-8-14-31-23)32-29(38)34(27)19-12-13-25(36-3)22(30)16-19/h5-16,26-27H,1-4H3,(H,32,38). The van der Waals surface area contributed by atoms with Crippen molar-refractivity contribution in [2.24, 2.45) is 0 Å². The van der Waals surface area contributed by atoms with Gasteiger partial charge in [-0.15, -0.1) is 0 Å². The molecule has 2 atom stereocenters. The van der Waals surface area contributed by atoms with Crippen molar-refractivity contribution in [1.82, 2.24) is 14.9 Å². The lowest BCUT2D eigenvalue weighted by atomic mass is 9.96. The molecule has 0 aliphatic carbocycles. The Bertz CT molecular complexity index is 1520. The summed E-state index contributed by atoms with van der Waals surface area (Å²) in [5, 5.41) is 4.54. The summed E-state index contributed by atoms with van der Waals surface area (Å²) in [5.41, 5.74) is 5.92. The topological polar surface area (TPSA) is 68.6 Å². The monoisotopic (exact) mass is 546 g/mol. The number of ether oxygens (including phenoxy) is 2. The zero-order valence-corrected chi connectivity index (χ0v) is 23.0. The summed E-state index contributed by atoms with van der Waals surface area (Å²) >= 11 is 12.4. The predicted octanol–water partition coefficient (Wildman–Crippen LogP) is 6.11. The van der Waals surface area contributed by atoms with Crippen LogP contribution in [0, 0.1) is 13.8 Å². The van der Waals surface area contributed by atoms with Crippen LogP contribution < -0.4 is 15.0 Å². The van der Waals surface area contributed by atoms with Gasteiger partial charge in [0.05, 0.1) is 48.3 Å². The lowest BCUT2D eigenvalue weighted by Gasteiger charge is -2.28. The summed E-state index contributed by atoms with van der Waals surface area (Å²) in [6.07, 6.45) is 1.78. The molecule has 2 unspecified atom stereocenters. The molecule has 0 bridgehead atoms. The Kier molecular flexibility index (Phi) is 7.10.